The van der Waals surface area contributed by atoms with Crippen molar-refractivity contribution in [3.05, 3.63) is 28.9 Å². The molecule has 0 atom stereocenters. The molecule has 1 aromatic carbocycles. The molecule has 1 N–H and O–H groups in total. The second kappa shape index (κ2) is 6.15. The number of ether oxygens (including phenoxy) is 1. The Morgan fingerprint density at radius 3 is 2.70 bits per heavy atom. The van der Waals surface area contributed by atoms with Gasteiger partial charge in [-0.15, -0.1) is 0 Å². The van der Waals surface area contributed by atoms with Gasteiger partial charge < -0.3 is 4.74 Å². The van der Waals surface area contributed by atoms with Gasteiger partial charge in [-0.1, -0.05) is 0 Å². The lowest BCUT2D eigenvalue weighted by atomic mass is 10.2. The number of amides is 1. The van der Waals surface area contributed by atoms with E-state index in [4.69, 9.17) is 4.74 Å². The van der Waals surface area contributed by atoms with Crippen LogP contribution in [0.2, 0.25) is 0 Å². The number of halogens is 2. The van der Waals surface area contributed by atoms with Crippen LogP contribution >= 0.6 is 46.3 Å². The highest BCUT2D eigenvalue weighted by Gasteiger charge is 2.18. The lowest BCUT2D eigenvalue weighted by molar-refractivity contribution is 0.0636. The van der Waals surface area contributed by atoms with Crippen molar-refractivity contribution in [3.63, 3.8) is 0 Å². The Labute approximate surface area is 142 Å². The molecule has 1 aromatic heterocycles. The van der Waals surface area contributed by atoms with Crippen molar-refractivity contribution in [2.75, 3.05) is 5.32 Å². The van der Waals surface area contributed by atoms with Crippen LogP contribution in [0, 0.1) is 0 Å². The minimum atomic E-state index is -0.519. The van der Waals surface area contributed by atoms with Crippen LogP contribution in [0.5, 0.6) is 0 Å². The number of hydrogen-bond donors (Lipinski definition) is 1. The maximum atomic E-state index is 11.9. The quantitative estimate of drug-likeness (QED) is 0.583. The van der Waals surface area contributed by atoms with Crippen LogP contribution < -0.4 is 5.32 Å². The molecule has 0 bridgehead atoms. The monoisotopic (exact) mass is 468 g/mol. The normalized spacial score (nSPS) is 11.7. The first-order chi connectivity index (χ1) is 9.31. The average Bonchev–Trinajstić information content (AvgIpc) is 2.73. The zero-order valence-corrected chi connectivity index (χ0v) is 15.8. The molecule has 1 amide bonds. The second-order valence-corrected chi connectivity index (χ2v) is 7.76. The van der Waals surface area contributed by atoms with Crippen molar-refractivity contribution in [1.82, 2.24) is 3.97 Å². The largest absolute Gasteiger partial charge is 0.444 e. The molecule has 1 heterocycles. The fourth-order valence-corrected chi connectivity index (χ4v) is 3.57. The lowest BCUT2D eigenvalue weighted by Crippen LogP contribution is -2.27. The summed E-state index contributed by atoms with van der Waals surface area (Å²) >= 11 is 5.69. The Morgan fingerprint density at radius 2 is 2.10 bits per heavy atom. The van der Waals surface area contributed by atoms with Crippen LogP contribution in [0.3, 0.4) is 0 Å². The number of aromatic nitrogens is 1. The number of carbonyl (C=O) groups excluding carboxylic acids is 1. The summed E-state index contributed by atoms with van der Waals surface area (Å²) in [6.45, 7) is 5.52. The molecule has 2 rings (SSSR count). The molecular weight excluding hydrogens is 455 g/mol. The highest BCUT2D eigenvalue weighted by atomic mass is 127. The highest BCUT2D eigenvalue weighted by molar-refractivity contribution is 14.2. The van der Waals surface area contributed by atoms with E-state index in [2.05, 4.69) is 42.5 Å². The predicted octanol–water partition coefficient (Wildman–Crippen LogP) is 5.60. The fourth-order valence-electron chi connectivity index (χ4n) is 1.76. The minimum absolute atomic E-state index is 0.458. The van der Waals surface area contributed by atoms with Gasteiger partial charge in [-0.25, -0.2) is 4.79 Å². The molecule has 0 unspecified atom stereocenters. The van der Waals surface area contributed by atoms with Gasteiger partial charge in [0.25, 0.3) is 0 Å². The molecule has 0 aliphatic carbocycles. The van der Waals surface area contributed by atoms with Gasteiger partial charge in [0.15, 0.2) is 0 Å². The van der Waals surface area contributed by atoms with Crippen molar-refractivity contribution in [2.45, 2.75) is 26.4 Å². The van der Waals surface area contributed by atoms with Gasteiger partial charge >= 0.3 is 6.09 Å². The molecule has 0 fully saturated rings. The molecule has 0 radical (unpaired) electrons. The first-order valence-corrected chi connectivity index (χ1v) is 10.0. The van der Waals surface area contributed by atoms with Gasteiger partial charge in [-0.2, -0.15) is 0 Å². The Kier molecular flexibility index (Phi) is 4.91. The van der Waals surface area contributed by atoms with Crippen LogP contribution in [0.1, 0.15) is 20.8 Å². The summed E-state index contributed by atoms with van der Waals surface area (Å²) < 4.78 is 8.15. The van der Waals surface area contributed by atoms with Gasteiger partial charge in [0.1, 0.15) is 5.60 Å². The summed E-state index contributed by atoms with van der Waals surface area (Å²) in [6.07, 6.45) is 1.51. The van der Waals surface area contributed by atoms with Crippen molar-refractivity contribution >= 4 is 68.9 Å². The maximum absolute atomic E-state index is 11.9. The standard InChI is InChI=1S/C13H14BrIN2O2S/c1-13(2,3)19-12(18)16-11-8-6-7-17(20-15)10(8)5-4-9(11)14/h4-7H,1-3H3,(H,16,18). The van der Waals surface area contributed by atoms with Gasteiger partial charge in [0.05, 0.1) is 11.2 Å². The van der Waals surface area contributed by atoms with Crippen molar-refractivity contribution in [3.8, 4) is 0 Å². The third-order valence-electron chi connectivity index (χ3n) is 2.49. The molecule has 4 nitrogen and oxygen atoms in total. The van der Waals surface area contributed by atoms with Crippen LogP contribution in [0.25, 0.3) is 10.9 Å². The van der Waals surface area contributed by atoms with Crippen LogP contribution in [0.15, 0.2) is 28.9 Å². The summed E-state index contributed by atoms with van der Waals surface area (Å²) in [5.74, 6) is 0. The smallest absolute Gasteiger partial charge is 0.412 e. The number of rotatable bonds is 2. The molecule has 0 spiro atoms. The molecule has 7 heteroatoms. The number of anilines is 1. The topological polar surface area (TPSA) is 43.3 Å². The maximum Gasteiger partial charge on any atom is 0.412 e. The van der Waals surface area contributed by atoms with Crippen molar-refractivity contribution in [2.24, 2.45) is 0 Å². The lowest BCUT2D eigenvalue weighted by Gasteiger charge is -2.20. The Balaban J connectivity index is 2.36. The Morgan fingerprint density at radius 1 is 1.40 bits per heavy atom. The summed E-state index contributed by atoms with van der Waals surface area (Å²) in [7, 11) is 1.58. The number of carbonyl (C=O) groups is 1. The van der Waals surface area contributed by atoms with E-state index < -0.39 is 11.7 Å². The first kappa shape index (κ1) is 16.0. The van der Waals surface area contributed by atoms with E-state index >= 15 is 0 Å². The summed E-state index contributed by atoms with van der Waals surface area (Å²) in [6, 6.07) is 5.89. The predicted molar refractivity (Wildman–Crippen MR) is 96.5 cm³/mol. The fraction of sp³-hybridized carbons (Fsp3) is 0.308. The minimum Gasteiger partial charge on any atom is -0.444 e. The van der Waals surface area contributed by atoms with E-state index in [1.807, 2.05) is 49.1 Å². The number of hydrogen-bond acceptors (Lipinski definition) is 3. The summed E-state index contributed by atoms with van der Waals surface area (Å²) in [4.78, 5) is 11.9. The van der Waals surface area contributed by atoms with Gasteiger partial charge in [0.2, 0.25) is 0 Å². The molecule has 2 aromatic rings. The summed E-state index contributed by atoms with van der Waals surface area (Å²) in [5.41, 5.74) is 1.24. The van der Waals surface area contributed by atoms with Crippen LogP contribution in [-0.4, -0.2) is 15.7 Å². The molecule has 0 aliphatic rings. The van der Waals surface area contributed by atoms with Crippen molar-refractivity contribution < 1.29 is 9.53 Å². The van der Waals surface area contributed by atoms with E-state index in [1.54, 1.807) is 9.12 Å². The molecular formula is C13H14BrIN2O2S. The highest BCUT2D eigenvalue weighted by Crippen LogP contribution is 2.35. The van der Waals surface area contributed by atoms with Crippen LogP contribution in [0.4, 0.5) is 10.5 Å². The SMILES string of the molecule is CC(C)(C)OC(=O)Nc1c(Br)ccc2c1ccn2SI. The molecule has 0 aliphatic heterocycles. The average molecular weight is 469 g/mol. The van der Waals surface area contributed by atoms with Crippen LogP contribution in [-0.2, 0) is 4.74 Å². The second-order valence-electron chi connectivity index (χ2n) is 5.19. The van der Waals surface area contributed by atoms with E-state index in [1.165, 1.54) is 0 Å². The Bertz CT molecular complexity index is 652. The molecule has 20 heavy (non-hydrogen) atoms. The van der Waals surface area contributed by atoms with E-state index in [0.717, 1.165) is 21.1 Å². The van der Waals surface area contributed by atoms with Gasteiger partial charge in [0, 0.05) is 46.4 Å². The zero-order chi connectivity index (χ0) is 14.9. The number of fused-ring (bicyclic) bond motifs is 1. The van der Waals surface area contributed by atoms with Gasteiger partial charge in [-0.3, -0.25) is 9.29 Å². The van der Waals surface area contributed by atoms with E-state index in [0.29, 0.717) is 0 Å². The molecule has 0 saturated heterocycles. The van der Waals surface area contributed by atoms with Gasteiger partial charge in [-0.05, 0) is 54.9 Å². The molecule has 108 valence electrons. The Hall–Kier alpha value is -0.410. The molecule has 0 saturated carbocycles. The number of nitrogens with zero attached hydrogens (tertiary/aromatic N) is 1. The van der Waals surface area contributed by atoms with E-state index in [9.17, 15) is 4.79 Å². The summed E-state index contributed by atoms with van der Waals surface area (Å²) in [5, 5.41) is 3.78. The first-order valence-electron chi connectivity index (χ1n) is 5.90. The number of benzene rings is 1. The zero-order valence-electron chi connectivity index (χ0n) is 11.2. The third-order valence-corrected chi connectivity index (χ3v) is 4.89. The van der Waals surface area contributed by atoms with Crippen molar-refractivity contribution in [1.29, 1.82) is 0 Å². The number of nitrogens with one attached hydrogen (secondary N) is 1. The van der Waals surface area contributed by atoms with E-state index in [-0.39, 0.29) is 0 Å². The third kappa shape index (κ3) is 3.62.